The SMILES string of the molecule is N#Cc1cccc(C[C@H](NS(=O)(=O)c2ccc3ccccc3c2)C(=O)N2CCN(CCO)CC2)c1. The molecule has 0 aromatic heterocycles. The molecule has 0 unspecified atom stereocenters. The van der Waals surface area contributed by atoms with Crippen LogP contribution in [0.2, 0.25) is 0 Å². The number of fused-ring (bicyclic) bond motifs is 1. The molecule has 3 aromatic rings. The first kappa shape index (κ1) is 24.8. The van der Waals surface area contributed by atoms with Gasteiger partial charge in [-0.3, -0.25) is 9.69 Å². The van der Waals surface area contributed by atoms with E-state index in [0.29, 0.717) is 43.9 Å². The molecular weight excluding hydrogens is 464 g/mol. The summed E-state index contributed by atoms with van der Waals surface area (Å²) in [5, 5.41) is 20.1. The number of nitrogens with one attached hydrogen (secondary N) is 1. The Hall–Kier alpha value is -3.29. The van der Waals surface area contributed by atoms with E-state index in [-0.39, 0.29) is 23.8 Å². The standard InChI is InChI=1S/C26H28N4O4S/c27-19-21-5-3-4-20(16-21)17-25(26(32)30-12-10-29(11-13-30)14-15-31)28-35(33,34)24-9-8-22-6-1-2-7-23(22)18-24/h1-9,16,18,25,28,31H,10-15,17H2/t25-/m0/s1. The highest BCUT2D eigenvalue weighted by Gasteiger charge is 2.31. The minimum absolute atomic E-state index is 0.0529. The third-order valence-corrected chi connectivity index (χ3v) is 7.69. The van der Waals surface area contributed by atoms with E-state index in [0.717, 1.165) is 10.8 Å². The lowest BCUT2D eigenvalue weighted by Gasteiger charge is -2.36. The molecule has 9 heteroatoms. The fraction of sp³-hybridized carbons (Fsp3) is 0.308. The van der Waals surface area contributed by atoms with E-state index in [1.54, 1.807) is 41.3 Å². The monoisotopic (exact) mass is 492 g/mol. The fourth-order valence-electron chi connectivity index (χ4n) is 4.33. The quantitative estimate of drug-likeness (QED) is 0.495. The number of carbonyl (C=O) groups is 1. The van der Waals surface area contributed by atoms with Gasteiger partial charge in [-0.15, -0.1) is 0 Å². The summed E-state index contributed by atoms with van der Waals surface area (Å²) >= 11 is 0. The maximum Gasteiger partial charge on any atom is 0.241 e. The molecule has 8 nitrogen and oxygen atoms in total. The molecule has 1 heterocycles. The molecule has 4 rings (SSSR count). The number of β-amino-alcohol motifs (C(OH)–C–C–N with tert-alkyl or cyclic N) is 1. The molecule has 1 fully saturated rings. The lowest BCUT2D eigenvalue weighted by Crippen LogP contribution is -2.55. The first-order valence-electron chi connectivity index (χ1n) is 11.5. The van der Waals surface area contributed by atoms with Crippen molar-refractivity contribution in [2.75, 3.05) is 39.3 Å². The van der Waals surface area contributed by atoms with E-state index < -0.39 is 16.1 Å². The van der Waals surface area contributed by atoms with Crippen molar-refractivity contribution in [2.24, 2.45) is 0 Å². The molecule has 182 valence electrons. The van der Waals surface area contributed by atoms with Crippen LogP contribution in [0.15, 0.2) is 71.6 Å². The van der Waals surface area contributed by atoms with Crippen LogP contribution in [0.5, 0.6) is 0 Å². The zero-order chi connectivity index (χ0) is 24.8. The minimum Gasteiger partial charge on any atom is -0.395 e. The Labute approximate surface area is 205 Å². The highest BCUT2D eigenvalue weighted by atomic mass is 32.2. The number of hydrogen-bond acceptors (Lipinski definition) is 6. The average molecular weight is 493 g/mol. The van der Waals surface area contributed by atoms with E-state index in [2.05, 4.69) is 15.7 Å². The molecule has 0 spiro atoms. The largest absolute Gasteiger partial charge is 0.395 e. The van der Waals surface area contributed by atoms with Gasteiger partial charge in [0, 0.05) is 32.7 Å². The zero-order valence-corrected chi connectivity index (χ0v) is 20.1. The number of aliphatic hydroxyl groups excluding tert-OH is 1. The molecule has 1 amide bonds. The van der Waals surface area contributed by atoms with Crippen molar-refractivity contribution in [3.8, 4) is 6.07 Å². The molecule has 0 radical (unpaired) electrons. The lowest BCUT2D eigenvalue weighted by molar-refractivity contribution is -0.134. The number of carbonyl (C=O) groups excluding carboxylic acids is 1. The smallest absolute Gasteiger partial charge is 0.241 e. The first-order valence-corrected chi connectivity index (χ1v) is 13.0. The number of hydrogen-bond donors (Lipinski definition) is 2. The van der Waals surface area contributed by atoms with Gasteiger partial charge < -0.3 is 10.0 Å². The normalized spacial score (nSPS) is 15.6. The lowest BCUT2D eigenvalue weighted by atomic mass is 10.0. The van der Waals surface area contributed by atoms with Crippen LogP contribution in [0.4, 0.5) is 0 Å². The van der Waals surface area contributed by atoms with Gasteiger partial charge in [-0.25, -0.2) is 8.42 Å². The Morgan fingerprint density at radius 3 is 2.46 bits per heavy atom. The average Bonchev–Trinajstić information content (AvgIpc) is 2.88. The van der Waals surface area contributed by atoms with Gasteiger partial charge in [-0.05, 0) is 47.0 Å². The highest BCUT2D eigenvalue weighted by molar-refractivity contribution is 7.89. The van der Waals surface area contributed by atoms with Crippen LogP contribution >= 0.6 is 0 Å². The van der Waals surface area contributed by atoms with E-state index in [9.17, 15) is 18.5 Å². The van der Waals surface area contributed by atoms with Crippen LogP contribution in [0.3, 0.4) is 0 Å². The molecule has 3 aromatic carbocycles. The molecule has 0 saturated carbocycles. The number of nitrogens with zero attached hydrogens (tertiary/aromatic N) is 3. The molecular formula is C26H28N4O4S. The number of rotatable bonds is 8. The summed E-state index contributed by atoms with van der Waals surface area (Å²) in [5.74, 6) is -0.305. The second-order valence-electron chi connectivity index (χ2n) is 8.59. The maximum atomic E-state index is 13.5. The summed E-state index contributed by atoms with van der Waals surface area (Å²) in [6.45, 7) is 2.72. The number of sulfonamides is 1. The van der Waals surface area contributed by atoms with Crippen molar-refractivity contribution in [3.63, 3.8) is 0 Å². The summed E-state index contributed by atoms with van der Waals surface area (Å²) in [6.07, 6.45) is 0.123. The fourth-order valence-corrected chi connectivity index (χ4v) is 5.55. The van der Waals surface area contributed by atoms with Crippen LogP contribution in [0.25, 0.3) is 10.8 Å². The second-order valence-corrected chi connectivity index (χ2v) is 10.3. The van der Waals surface area contributed by atoms with E-state index >= 15 is 0 Å². The Morgan fingerprint density at radius 1 is 1.00 bits per heavy atom. The third kappa shape index (κ3) is 6.05. The van der Waals surface area contributed by atoms with Gasteiger partial charge in [-0.1, -0.05) is 42.5 Å². The van der Waals surface area contributed by atoms with Gasteiger partial charge in [0.25, 0.3) is 0 Å². The zero-order valence-electron chi connectivity index (χ0n) is 19.3. The number of nitriles is 1. The molecule has 2 N–H and O–H groups in total. The van der Waals surface area contributed by atoms with Gasteiger partial charge in [-0.2, -0.15) is 9.98 Å². The topological polar surface area (TPSA) is 114 Å². The summed E-state index contributed by atoms with van der Waals surface area (Å²) in [6, 6.07) is 20.3. The summed E-state index contributed by atoms with van der Waals surface area (Å²) in [7, 11) is -4.00. The van der Waals surface area contributed by atoms with Crippen LogP contribution < -0.4 is 4.72 Å². The Bertz CT molecular complexity index is 1340. The van der Waals surface area contributed by atoms with E-state index in [1.165, 1.54) is 6.07 Å². The van der Waals surface area contributed by atoms with Gasteiger partial charge in [0.05, 0.1) is 23.1 Å². The predicted octanol–water partition coefficient (Wildman–Crippen LogP) is 1.74. The van der Waals surface area contributed by atoms with Crippen LogP contribution in [-0.4, -0.2) is 74.6 Å². The number of amides is 1. The molecule has 35 heavy (non-hydrogen) atoms. The Kier molecular flexibility index (Phi) is 7.78. The Morgan fingerprint density at radius 2 is 1.74 bits per heavy atom. The molecule has 0 aliphatic carbocycles. The van der Waals surface area contributed by atoms with Crippen LogP contribution in [0, 0.1) is 11.3 Å². The van der Waals surface area contributed by atoms with E-state index in [1.807, 2.05) is 24.3 Å². The molecule has 1 aliphatic heterocycles. The maximum absolute atomic E-state index is 13.5. The van der Waals surface area contributed by atoms with Crippen LogP contribution in [-0.2, 0) is 21.2 Å². The third-order valence-electron chi connectivity index (χ3n) is 6.22. The Balaban J connectivity index is 1.60. The number of aliphatic hydroxyl groups is 1. The van der Waals surface area contributed by atoms with E-state index in [4.69, 9.17) is 5.11 Å². The van der Waals surface area contributed by atoms with Crippen molar-refractivity contribution < 1.29 is 18.3 Å². The molecule has 0 bridgehead atoms. The number of piperazine rings is 1. The van der Waals surface area contributed by atoms with Crippen LogP contribution in [0.1, 0.15) is 11.1 Å². The predicted molar refractivity (Wildman–Crippen MR) is 133 cm³/mol. The molecule has 1 aliphatic rings. The van der Waals surface area contributed by atoms with Gasteiger partial charge >= 0.3 is 0 Å². The number of benzene rings is 3. The van der Waals surface area contributed by atoms with Crippen molar-refractivity contribution in [1.29, 1.82) is 5.26 Å². The van der Waals surface area contributed by atoms with Crippen molar-refractivity contribution >= 4 is 26.7 Å². The van der Waals surface area contributed by atoms with Crippen molar-refractivity contribution in [2.45, 2.75) is 17.4 Å². The highest BCUT2D eigenvalue weighted by Crippen LogP contribution is 2.20. The molecule has 1 saturated heterocycles. The van der Waals surface area contributed by atoms with Gasteiger partial charge in [0.1, 0.15) is 6.04 Å². The first-order chi connectivity index (χ1) is 16.9. The second kappa shape index (κ2) is 11.0. The minimum atomic E-state index is -4.00. The van der Waals surface area contributed by atoms with Gasteiger partial charge in [0.15, 0.2) is 0 Å². The summed E-state index contributed by atoms with van der Waals surface area (Å²) in [5.41, 5.74) is 1.14. The van der Waals surface area contributed by atoms with Crippen molar-refractivity contribution in [3.05, 3.63) is 77.9 Å². The molecule has 1 atom stereocenters. The summed E-state index contributed by atoms with van der Waals surface area (Å²) in [4.78, 5) is 17.3. The van der Waals surface area contributed by atoms with Gasteiger partial charge in [0.2, 0.25) is 15.9 Å². The van der Waals surface area contributed by atoms with Crippen molar-refractivity contribution in [1.82, 2.24) is 14.5 Å². The summed E-state index contributed by atoms with van der Waals surface area (Å²) < 4.78 is 29.3.